The van der Waals surface area contributed by atoms with Gasteiger partial charge in [-0.3, -0.25) is 0 Å². The average molecular weight is 238 g/mol. The van der Waals surface area contributed by atoms with E-state index in [4.69, 9.17) is 0 Å². The van der Waals surface area contributed by atoms with E-state index in [1.54, 1.807) is 0 Å². The Morgan fingerprint density at radius 1 is 1.18 bits per heavy atom. The van der Waals surface area contributed by atoms with Crippen LogP contribution in [0.15, 0.2) is 18.2 Å². The van der Waals surface area contributed by atoms with Crippen molar-refractivity contribution >= 4 is 0 Å². The molecule has 2 nitrogen and oxygen atoms in total. The van der Waals surface area contributed by atoms with Crippen LogP contribution in [-0.4, -0.2) is 19.1 Å². The second kappa shape index (κ2) is 6.72. The fourth-order valence-corrected chi connectivity index (χ4v) is 1.67. The van der Waals surface area contributed by atoms with E-state index in [1.165, 1.54) is 0 Å². The third-order valence-corrected chi connectivity index (χ3v) is 2.88. The number of likely N-dealkylation sites (N-methyl/N-ethyl adjacent to an activating group) is 1. The minimum atomic E-state index is -0.0669. The van der Waals surface area contributed by atoms with Gasteiger partial charge in [0.15, 0.2) is 0 Å². The van der Waals surface area contributed by atoms with Gasteiger partial charge in [-0.25, -0.2) is 4.39 Å². The second-order valence-electron chi connectivity index (χ2n) is 4.82. The molecule has 0 amide bonds. The summed E-state index contributed by atoms with van der Waals surface area (Å²) in [6.07, 6.45) is 0.720. The van der Waals surface area contributed by atoms with E-state index >= 15 is 0 Å². The fourth-order valence-electron chi connectivity index (χ4n) is 1.67. The van der Waals surface area contributed by atoms with Gasteiger partial charge in [-0.05, 0) is 26.0 Å². The highest BCUT2D eigenvalue weighted by Crippen LogP contribution is 2.14. The van der Waals surface area contributed by atoms with Crippen LogP contribution in [0.2, 0.25) is 0 Å². The summed E-state index contributed by atoms with van der Waals surface area (Å²) in [5.74, 6) is -0.0669. The molecule has 0 saturated heterocycles. The van der Waals surface area contributed by atoms with Crippen molar-refractivity contribution < 1.29 is 4.39 Å². The van der Waals surface area contributed by atoms with Gasteiger partial charge in [0.25, 0.3) is 0 Å². The number of nitrogens with one attached hydrogen (secondary N) is 2. The molecule has 0 saturated carbocycles. The zero-order valence-electron chi connectivity index (χ0n) is 11.2. The first kappa shape index (κ1) is 14.1. The van der Waals surface area contributed by atoms with E-state index in [1.807, 2.05) is 25.2 Å². The molecule has 1 aromatic rings. The maximum Gasteiger partial charge on any atom is 0.130 e. The summed E-state index contributed by atoms with van der Waals surface area (Å²) < 4.78 is 14.2. The van der Waals surface area contributed by atoms with Crippen LogP contribution in [-0.2, 0) is 13.0 Å². The molecule has 0 aliphatic rings. The number of benzene rings is 1. The lowest BCUT2D eigenvalue weighted by molar-refractivity contribution is 0.532. The quantitative estimate of drug-likeness (QED) is 0.795. The normalized spacial score (nSPS) is 13.1. The van der Waals surface area contributed by atoms with Gasteiger partial charge in [0.2, 0.25) is 0 Å². The molecule has 0 aliphatic heterocycles. The van der Waals surface area contributed by atoms with Crippen LogP contribution in [0.25, 0.3) is 0 Å². The third kappa shape index (κ3) is 4.44. The van der Waals surface area contributed by atoms with Crippen molar-refractivity contribution in [2.75, 3.05) is 7.05 Å². The van der Waals surface area contributed by atoms with Crippen molar-refractivity contribution in [2.45, 2.75) is 45.8 Å². The minimum absolute atomic E-state index is 0.0669. The average Bonchev–Trinajstić information content (AvgIpc) is 2.30. The molecular weight excluding hydrogens is 215 g/mol. The maximum absolute atomic E-state index is 14.2. The van der Waals surface area contributed by atoms with Gasteiger partial charge in [-0.1, -0.05) is 32.0 Å². The van der Waals surface area contributed by atoms with Crippen LogP contribution in [0.5, 0.6) is 0 Å². The second-order valence-corrected chi connectivity index (χ2v) is 4.82. The van der Waals surface area contributed by atoms with Gasteiger partial charge in [0.05, 0.1) is 0 Å². The van der Waals surface area contributed by atoms with Gasteiger partial charge < -0.3 is 10.6 Å². The van der Waals surface area contributed by atoms with E-state index in [2.05, 4.69) is 31.4 Å². The number of rotatable bonds is 6. The summed E-state index contributed by atoms with van der Waals surface area (Å²) in [6.45, 7) is 6.76. The van der Waals surface area contributed by atoms with Crippen LogP contribution in [0.3, 0.4) is 0 Å². The van der Waals surface area contributed by atoms with E-state index in [-0.39, 0.29) is 11.9 Å². The zero-order chi connectivity index (χ0) is 12.8. The Bertz CT molecular complexity index is 350. The molecule has 0 radical (unpaired) electrons. The van der Waals surface area contributed by atoms with Crippen LogP contribution in [0, 0.1) is 5.82 Å². The molecule has 1 rings (SSSR count). The Hall–Kier alpha value is -0.930. The molecule has 1 atom stereocenters. The highest BCUT2D eigenvalue weighted by atomic mass is 19.1. The summed E-state index contributed by atoms with van der Waals surface area (Å²) in [6, 6.07) is 6.30. The first-order chi connectivity index (χ1) is 8.04. The Kier molecular flexibility index (Phi) is 5.59. The topological polar surface area (TPSA) is 24.1 Å². The monoisotopic (exact) mass is 238 g/mol. The van der Waals surface area contributed by atoms with Gasteiger partial charge in [0.1, 0.15) is 5.82 Å². The Labute approximate surface area is 104 Å². The molecule has 96 valence electrons. The van der Waals surface area contributed by atoms with Crippen molar-refractivity contribution in [3.8, 4) is 0 Å². The summed E-state index contributed by atoms with van der Waals surface area (Å²) in [5.41, 5.74) is 1.54. The fraction of sp³-hybridized carbons (Fsp3) is 0.571. The van der Waals surface area contributed by atoms with E-state index < -0.39 is 0 Å². The van der Waals surface area contributed by atoms with E-state index in [9.17, 15) is 4.39 Å². The number of halogens is 1. The van der Waals surface area contributed by atoms with Crippen molar-refractivity contribution in [2.24, 2.45) is 0 Å². The molecule has 0 aromatic heterocycles. The number of hydrogen-bond acceptors (Lipinski definition) is 2. The molecule has 0 aliphatic carbocycles. The third-order valence-electron chi connectivity index (χ3n) is 2.88. The molecule has 0 bridgehead atoms. The molecule has 0 fully saturated rings. The van der Waals surface area contributed by atoms with Crippen molar-refractivity contribution in [1.29, 1.82) is 0 Å². The summed E-state index contributed by atoms with van der Waals surface area (Å²) in [5, 5.41) is 6.37. The Balaban J connectivity index is 2.76. The summed E-state index contributed by atoms with van der Waals surface area (Å²) in [4.78, 5) is 0. The predicted octanol–water partition coefficient (Wildman–Crippen LogP) is 2.47. The molecule has 1 aromatic carbocycles. The highest BCUT2D eigenvalue weighted by molar-refractivity contribution is 5.26. The van der Waals surface area contributed by atoms with Crippen LogP contribution < -0.4 is 10.6 Å². The predicted molar refractivity (Wildman–Crippen MR) is 70.6 cm³/mol. The first-order valence-electron chi connectivity index (χ1n) is 6.21. The molecule has 1 unspecified atom stereocenters. The van der Waals surface area contributed by atoms with Crippen molar-refractivity contribution in [3.63, 3.8) is 0 Å². The van der Waals surface area contributed by atoms with Gasteiger partial charge in [0, 0.05) is 24.2 Å². The smallest absolute Gasteiger partial charge is 0.130 e. The SMILES string of the molecule is CNC(C)Cc1cccc(CNC(C)C)c1F. The van der Waals surface area contributed by atoms with Crippen LogP contribution >= 0.6 is 0 Å². The van der Waals surface area contributed by atoms with Crippen molar-refractivity contribution in [3.05, 3.63) is 35.1 Å². The van der Waals surface area contributed by atoms with E-state index in [0.29, 0.717) is 12.6 Å². The minimum Gasteiger partial charge on any atom is -0.317 e. The standard InChI is InChI=1S/C14H23FN2/c1-10(2)17-9-13-7-5-6-12(14(13)15)8-11(3)16-4/h5-7,10-11,16-17H,8-9H2,1-4H3. The molecule has 2 N–H and O–H groups in total. The molecule has 17 heavy (non-hydrogen) atoms. The Morgan fingerprint density at radius 3 is 2.41 bits per heavy atom. The van der Waals surface area contributed by atoms with Gasteiger partial charge >= 0.3 is 0 Å². The van der Waals surface area contributed by atoms with Gasteiger partial charge in [-0.2, -0.15) is 0 Å². The molecule has 3 heteroatoms. The largest absolute Gasteiger partial charge is 0.317 e. The molecule has 0 spiro atoms. The zero-order valence-corrected chi connectivity index (χ0v) is 11.2. The van der Waals surface area contributed by atoms with Crippen molar-refractivity contribution in [1.82, 2.24) is 10.6 Å². The lowest BCUT2D eigenvalue weighted by atomic mass is 10.0. The lowest BCUT2D eigenvalue weighted by Crippen LogP contribution is -2.25. The summed E-state index contributed by atoms with van der Waals surface area (Å²) >= 11 is 0. The highest BCUT2D eigenvalue weighted by Gasteiger charge is 2.10. The molecule has 0 heterocycles. The Morgan fingerprint density at radius 2 is 1.82 bits per heavy atom. The number of hydrogen-bond donors (Lipinski definition) is 2. The van der Waals surface area contributed by atoms with Crippen LogP contribution in [0.4, 0.5) is 4.39 Å². The van der Waals surface area contributed by atoms with Gasteiger partial charge in [-0.15, -0.1) is 0 Å². The first-order valence-corrected chi connectivity index (χ1v) is 6.21. The van der Waals surface area contributed by atoms with E-state index in [0.717, 1.165) is 17.5 Å². The molecular formula is C14H23FN2. The van der Waals surface area contributed by atoms with Crippen LogP contribution in [0.1, 0.15) is 31.9 Å². The maximum atomic E-state index is 14.2. The lowest BCUT2D eigenvalue weighted by Gasteiger charge is -2.14. The summed E-state index contributed by atoms with van der Waals surface area (Å²) in [7, 11) is 1.90.